The van der Waals surface area contributed by atoms with Gasteiger partial charge in [0.2, 0.25) is 0 Å². The summed E-state index contributed by atoms with van der Waals surface area (Å²) in [5.41, 5.74) is 2.25. The summed E-state index contributed by atoms with van der Waals surface area (Å²) in [6, 6.07) is 9.70. The summed E-state index contributed by atoms with van der Waals surface area (Å²) in [6.07, 6.45) is 0. The van der Waals surface area contributed by atoms with Crippen LogP contribution >= 0.6 is 11.6 Å². The number of benzene rings is 2. The molecule has 0 heterocycles. The number of nitrogens with one attached hydrogen (secondary N) is 1. The van der Waals surface area contributed by atoms with Gasteiger partial charge in [0.1, 0.15) is 5.75 Å². The van der Waals surface area contributed by atoms with Crippen LogP contribution in [0.3, 0.4) is 0 Å². The summed E-state index contributed by atoms with van der Waals surface area (Å²) in [4.78, 5) is 10.2. The van der Waals surface area contributed by atoms with Gasteiger partial charge in [-0.15, -0.1) is 0 Å². The second-order valence-corrected chi connectivity index (χ2v) is 4.76. The highest BCUT2D eigenvalue weighted by molar-refractivity contribution is 6.32. The summed E-state index contributed by atoms with van der Waals surface area (Å²) in [5, 5.41) is 23.9. The lowest BCUT2D eigenvalue weighted by atomic mass is 10.1. The molecule has 0 spiro atoms. The number of aryl methyl sites for hydroxylation is 1. The zero-order valence-electron chi connectivity index (χ0n) is 10.8. The van der Waals surface area contributed by atoms with Gasteiger partial charge in [0.25, 0.3) is 5.69 Å². The quantitative estimate of drug-likeness (QED) is 0.662. The smallest absolute Gasteiger partial charge is 0.269 e. The molecule has 5 nitrogen and oxygen atoms in total. The van der Waals surface area contributed by atoms with E-state index in [2.05, 4.69) is 5.32 Å². The van der Waals surface area contributed by atoms with Crippen LogP contribution in [0.25, 0.3) is 0 Å². The molecule has 0 saturated heterocycles. The molecule has 0 aliphatic heterocycles. The van der Waals surface area contributed by atoms with E-state index in [1.807, 2.05) is 0 Å². The fourth-order valence-electron chi connectivity index (χ4n) is 1.85. The molecule has 0 fully saturated rings. The van der Waals surface area contributed by atoms with E-state index in [0.717, 1.165) is 11.3 Å². The Morgan fingerprint density at radius 2 is 2.10 bits per heavy atom. The van der Waals surface area contributed by atoms with Crippen molar-refractivity contribution in [1.29, 1.82) is 0 Å². The van der Waals surface area contributed by atoms with E-state index in [0.29, 0.717) is 17.1 Å². The van der Waals surface area contributed by atoms with Crippen molar-refractivity contribution in [2.45, 2.75) is 13.5 Å². The van der Waals surface area contributed by atoms with E-state index >= 15 is 0 Å². The number of anilines is 1. The number of phenols is 1. The third-order valence-corrected chi connectivity index (χ3v) is 3.27. The first-order valence-electron chi connectivity index (χ1n) is 5.94. The predicted molar refractivity (Wildman–Crippen MR) is 78.3 cm³/mol. The Morgan fingerprint density at radius 1 is 1.35 bits per heavy atom. The number of rotatable bonds is 4. The van der Waals surface area contributed by atoms with Crippen LogP contribution in [0.1, 0.15) is 11.1 Å². The molecule has 0 bridgehead atoms. The third-order valence-electron chi connectivity index (χ3n) is 2.96. The van der Waals surface area contributed by atoms with Crippen molar-refractivity contribution in [2.75, 3.05) is 5.32 Å². The summed E-state index contributed by atoms with van der Waals surface area (Å²) < 4.78 is 0. The van der Waals surface area contributed by atoms with Crippen molar-refractivity contribution in [3.63, 3.8) is 0 Å². The number of halogens is 1. The van der Waals surface area contributed by atoms with E-state index in [9.17, 15) is 15.2 Å². The topological polar surface area (TPSA) is 75.4 Å². The largest absolute Gasteiger partial charge is 0.506 e. The Morgan fingerprint density at radius 3 is 2.75 bits per heavy atom. The molecule has 2 aromatic rings. The van der Waals surface area contributed by atoms with Gasteiger partial charge in [-0.25, -0.2) is 0 Å². The van der Waals surface area contributed by atoms with Gasteiger partial charge in [-0.1, -0.05) is 23.7 Å². The molecule has 0 aliphatic rings. The molecular formula is C14H13ClN2O3. The van der Waals surface area contributed by atoms with Crippen LogP contribution in [0, 0.1) is 17.0 Å². The van der Waals surface area contributed by atoms with Gasteiger partial charge < -0.3 is 10.4 Å². The first kappa shape index (κ1) is 14.1. The number of nitro benzene ring substituents is 1. The minimum absolute atomic E-state index is 0.0428. The average molecular weight is 293 g/mol. The van der Waals surface area contributed by atoms with Crippen molar-refractivity contribution < 1.29 is 10.0 Å². The maximum atomic E-state index is 10.7. The van der Waals surface area contributed by atoms with E-state index in [4.69, 9.17) is 11.6 Å². The maximum absolute atomic E-state index is 10.7. The first-order valence-corrected chi connectivity index (χ1v) is 6.32. The monoisotopic (exact) mass is 292 g/mol. The standard InChI is InChI=1S/C14H13ClN2O3/c1-9-7-11(17(19)20)5-6-13(9)16-8-10-3-2-4-12(15)14(10)18/h2-7,16,18H,8H2,1H3. The highest BCUT2D eigenvalue weighted by Gasteiger charge is 2.09. The number of non-ortho nitro benzene ring substituents is 1. The van der Waals surface area contributed by atoms with Crippen molar-refractivity contribution in [3.05, 3.63) is 62.7 Å². The van der Waals surface area contributed by atoms with Crippen LogP contribution < -0.4 is 5.32 Å². The summed E-state index contributed by atoms with van der Waals surface area (Å²) in [5.74, 6) is 0.0428. The van der Waals surface area contributed by atoms with Gasteiger partial charge in [0.15, 0.2) is 0 Å². The fourth-order valence-corrected chi connectivity index (χ4v) is 2.05. The molecule has 0 aliphatic carbocycles. The molecule has 0 atom stereocenters. The number of nitrogens with zero attached hydrogens (tertiary/aromatic N) is 1. The van der Waals surface area contributed by atoms with Crippen LogP contribution in [0.4, 0.5) is 11.4 Å². The van der Waals surface area contributed by atoms with Crippen molar-refractivity contribution in [2.24, 2.45) is 0 Å². The van der Waals surface area contributed by atoms with E-state index in [-0.39, 0.29) is 11.4 Å². The molecule has 2 rings (SSSR count). The van der Waals surface area contributed by atoms with E-state index < -0.39 is 4.92 Å². The third kappa shape index (κ3) is 3.00. The highest BCUT2D eigenvalue weighted by atomic mass is 35.5. The lowest BCUT2D eigenvalue weighted by Crippen LogP contribution is -2.02. The Kier molecular flexibility index (Phi) is 4.10. The number of para-hydroxylation sites is 1. The minimum Gasteiger partial charge on any atom is -0.506 e. The lowest BCUT2D eigenvalue weighted by Gasteiger charge is -2.11. The lowest BCUT2D eigenvalue weighted by molar-refractivity contribution is -0.384. The number of phenolic OH excluding ortho intramolecular Hbond substituents is 1. The Hall–Kier alpha value is -2.27. The Bertz CT molecular complexity index is 659. The molecule has 6 heteroatoms. The van der Waals surface area contributed by atoms with Gasteiger partial charge in [0, 0.05) is 29.9 Å². The van der Waals surface area contributed by atoms with Gasteiger partial charge in [0.05, 0.1) is 9.95 Å². The number of hydrogen-bond acceptors (Lipinski definition) is 4. The van der Waals surface area contributed by atoms with Crippen LogP contribution in [-0.4, -0.2) is 10.0 Å². The van der Waals surface area contributed by atoms with Gasteiger partial charge in [-0.2, -0.15) is 0 Å². The zero-order chi connectivity index (χ0) is 14.7. The second-order valence-electron chi connectivity index (χ2n) is 4.36. The maximum Gasteiger partial charge on any atom is 0.269 e. The zero-order valence-corrected chi connectivity index (χ0v) is 11.5. The van der Waals surface area contributed by atoms with E-state index in [1.54, 1.807) is 31.2 Å². The van der Waals surface area contributed by atoms with E-state index in [1.165, 1.54) is 12.1 Å². The highest BCUT2D eigenvalue weighted by Crippen LogP contribution is 2.28. The SMILES string of the molecule is Cc1cc([N+](=O)[O-])ccc1NCc1cccc(Cl)c1O. The second kappa shape index (κ2) is 5.79. The summed E-state index contributed by atoms with van der Waals surface area (Å²) in [6.45, 7) is 2.16. The van der Waals surface area contributed by atoms with Crippen LogP contribution in [0.2, 0.25) is 5.02 Å². The average Bonchev–Trinajstić information content (AvgIpc) is 2.41. The van der Waals surface area contributed by atoms with Crippen LogP contribution in [-0.2, 0) is 6.54 Å². The van der Waals surface area contributed by atoms with Gasteiger partial charge in [-0.05, 0) is 24.6 Å². The molecular weight excluding hydrogens is 280 g/mol. The molecule has 0 aromatic heterocycles. The predicted octanol–water partition coefficient (Wildman–Crippen LogP) is 3.87. The number of nitro groups is 1. The van der Waals surface area contributed by atoms with Crippen LogP contribution in [0.15, 0.2) is 36.4 Å². The van der Waals surface area contributed by atoms with Crippen molar-refractivity contribution in [3.8, 4) is 5.75 Å². The van der Waals surface area contributed by atoms with Gasteiger partial charge >= 0.3 is 0 Å². The molecule has 2 N–H and O–H groups in total. The molecule has 0 unspecified atom stereocenters. The van der Waals surface area contributed by atoms with Crippen molar-refractivity contribution >= 4 is 23.0 Å². The van der Waals surface area contributed by atoms with Gasteiger partial charge in [-0.3, -0.25) is 10.1 Å². The van der Waals surface area contributed by atoms with Crippen molar-refractivity contribution in [1.82, 2.24) is 0 Å². The fraction of sp³-hybridized carbons (Fsp3) is 0.143. The summed E-state index contributed by atoms with van der Waals surface area (Å²) >= 11 is 5.83. The molecule has 0 radical (unpaired) electrons. The molecule has 2 aromatic carbocycles. The molecule has 0 saturated carbocycles. The minimum atomic E-state index is -0.431. The Labute approximate surface area is 121 Å². The molecule has 0 amide bonds. The Balaban J connectivity index is 2.15. The molecule has 104 valence electrons. The normalized spacial score (nSPS) is 10.3. The first-order chi connectivity index (χ1) is 9.49. The summed E-state index contributed by atoms with van der Waals surface area (Å²) in [7, 11) is 0. The molecule has 20 heavy (non-hydrogen) atoms. The number of hydrogen-bond donors (Lipinski definition) is 2. The number of aromatic hydroxyl groups is 1. The van der Waals surface area contributed by atoms with Crippen LogP contribution in [0.5, 0.6) is 5.75 Å².